The number of aromatic nitrogens is 2. The highest BCUT2D eigenvalue weighted by Gasteiger charge is 2.03. The maximum Gasteiger partial charge on any atom is 0.0560 e. The number of para-hydroxylation sites is 1. The van der Waals surface area contributed by atoms with E-state index in [1.165, 1.54) is 16.5 Å². The van der Waals surface area contributed by atoms with Crippen LogP contribution >= 0.6 is 0 Å². The van der Waals surface area contributed by atoms with E-state index in [1.807, 2.05) is 12.1 Å². The fourth-order valence-corrected chi connectivity index (χ4v) is 3.19. The van der Waals surface area contributed by atoms with E-state index in [4.69, 9.17) is 5.73 Å². The molecule has 0 radical (unpaired) electrons. The molecule has 0 bridgehead atoms. The van der Waals surface area contributed by atoms with Gasteiger partial charge in [-0.1, -0.05) is 18.2 Å². The second kappa shape index (κ2) is 7.93. The fourth-order valence-electron chi connectivity index (χ4n) is 3.19. The van der Waals surface area contributed by atoms with Gasteiger partial charge in [-0.05, 0) is 54.4 Å². The van der Waals surface area contributed by atoms with Crippen LogP contribution in [-0.4, -0.2) is 16.5 Å². The molecule has 27 heavy (non-hydrogen) atoms. The summed E-state index contributed by atoms with van der Waals surface area (Å²) in [6.45, 7) is 1.33. The number of nitrogens with two attached hydrogens (primary N) is 1. The molecule has 0 saturated heterocycles. The van der Waals surface area contributed by atoms with Crippen LogP contribution in [0.5, 0.6) is 0 Å². The number of aromatic amines is 1. The quantitative estimate of drug-likeness (QED) is 0.395. The first-order valence-electron chi connectivity index (χ1n) is 9.13. The molecule has 0 aliphatic rings. The molecule has 0 aliphatic carbocycles. The summed E-state index contributed by atoms with van der Waals surface area (Å²) in [6.07, 6.45) is 4.84. The van der Waals surface area contributed by atoms with Gasteiger partial charge in [0, 0.05) is 53.4 Å². The molecule has 136 valence electrons. The van der Waals surface area contributed by atoms with Crippen LogP contribution in [0.3, 0.4) is 0 Å². The minimum Gasteiger partial charge on any atom is -0.385 e. The number of nitrogens with zero attached hydrogens (tertiary/aromatic N) is 1. The highest BCUT2D eigenvalue weighted by molar-refractivity contribution is 5.83. The average molecular weight is 357 g/mol. The van der Waals surface area contributed by atoms with Gasteiger partial charge in [-0.15, -0.1) is 0 Å². The molecular formula is C22H23N5. The normalized spacial score (nSPS) is 10.9. The van der Waals surface area contributed by atoms with E-state index < -0.39 is 0 Å². The van der Waals surface area contributed by atoms with Crippen molar-refractivity contribution in [3.8, 4) is 0 Å². The Balaban J connectivity index is 1.34. The van der Waals surface area contributed by atoms with E-state index in [9.17, 15) is 0 Å². The molecule has 2 aromatic carbocycles. The Labute approximate surface area is 158 Å². The van der Waals surface area contributed by atoms with Gasteiger partial charge in [-0.25, -0.2) is 0 Å². The first-order chi connectivity index (χ1) is 13.3. The van der Waals surface area contributed by atoms with Crippen LogP contribution in [0.2, 0.25) is 0 Å². The second-order valence-corrected chi connectivity index (χ2v) is 6.48. The van der Waals surface area contributed by atoms with Gasteiger partial charge in [0.05, 0.1) is 5.69 Å². The predicted molar refractivity (Wildman–Crippen MR) is 112 cm³/mol. The Morgan fingerprint density at radius 1 is 0.926 bits per heavy atom. The molecule has 0 unspecified atom stereocenters. The summed E-state index contributed by atoms with van der Waals surface area (Å²) in [5.41, 5.74) is 12.2. The Hall–Kier alpha value is -3.31. The third-order valence-corrected chi connectivity index (χ3v) is 4.60. The SMILES string of the molecule is NCc1cc(Nc2ccc(NCCc3c[nH]c4ccccc34)cc2)ccn1. The van der Waals surface area contributed by atoms with E-state index in [0.29, 0.717) is 6.54 Å². The summed E-state index contributed by atoms with van der Waals surface area (Å²) in [7, 11) is 0. The van der Waals surface area contributed by atoms with Crippen LogP contribution in [0.25, 0.3) is 10.9 Å². The van der Waals surface area contributed by atoms with Gasteiger partial charge in [-0.2, -0.15) is 0 Å². The average Bonchev–Trinajstić information content (AvgIpc) is 3.13. The van der Waals surface area contributed by atoms with Gasteiger partial charge < -0.3 is 21.4 Å². The van der Waals surface area contributed by atoms with Crippen molar-refractivity contribution in [3.63, 3.8) is 0 Å². The summed E-state index contributed by atoms with van der Waals surface area (Å²) in [4.78, 5) is 7.54. The fraction of sp³-hybridized carbons (Fsp3) is 0.136. The third kappa shape index (κ3) is 4.10. The lowest BCUT2D eigenvalue weighted by Gasteiger charge is -2.10. The molecule has 2 aromatic heterocycles. The molecule has 5 heteroatoms. The van der Waals surface area contributed by atoms with E-state index >= 15 is 0 Å². The van der Waals surface area contributed by atoms with Crippen LogP contribution in [0.4, 0.5) is 17.1 Å². The van der Waals surface area contributed by atoms with Crippen molar-refractivity contribution < 1.29 is 0 Å². The summed E-state index contributed by atoms with van der Waals surface area (Å²) < 4.78 is 0. The van der Waals surface area contributed by atoms with E-state index in [1.54, 1.807) is 6.20 Å². The van der Waals surface area contributed by atoms with E-state index in [0.717, 1.165) is 35.7 Å². The van der Waals surface area contributed by atoms with Crippen molar-refractivity contribution in [1.82, 2.24) is 9.97 Å². The maximum absolute atomic E-state index is 5.64. The highest BCUT2D eigenvalue weighted by atomic mass is 14.9. The number of hydrogen-bond donors (Lipinski definition) is 4. The van der Waals surface area contributed by atoms with Crippen molar-refractivity contribution >= 4 is 28.0 Å². The summed E-state index contributed by atoms with van der Waals surface area (Å²) in [5.74, 6) is 0. The first kappa shape index (κ1) is 17.1. The van der Waals surface area contributed by atoms with Gasteiger partial charge in [0.1, 0.15) is 0 Å². The lowest BCUT2D eigenvalue weighted by molar-refractivity contribution is 0.991. The molecule has 4 rings (SSSR count). The second-order valence-electron chi connectivity index (χ2n) is 6.48. The smallest absolute Gasteiger partial charge is 0.0560 e. The zero-order valence-electron chi connectivity index (χ0n) is 15.1. The number of hydrogen-bond acceptors (Lipinski definition) is 4. The van der Waals surface area contributed by atoms with Crippen molar-refractivity contribution in [2.45, 2.75) is 13.0 Å². The molecular weight excluding hydrogens is 334 g/mol. The van der Waals surface area contributed by atoms with Crippen LogP contribution in [-0.2, 0) is 13.0 Å². The van der Waals surface area contributed by atoms with Gasteiger partial charge >= 0.3 is 0 Å². The number of anilines is 3. The van der Waals surface area contributed by atoms with Crippen LogP contribution in [0.15, 0.2) is 73.1 Å². The van der Waals surface area contributed by atoms with Crippen molar-refractivity contribution in [2.75, 3.05) is 17.2 Å². The van der Waals surface area contributed by atoms with Crippen LogP contribution in [0.1, 0.15) is 11.3 Å². The summed E-state index contributed by atoms with van der Waals surface area (Å²) in [6, 6.07) is 20.6. The maximum atomic E-state index is 5.64. The standard InChI is InChI=1S/C22H23N5/c23-14-20-13-19(10-12-25-20)27-18-7-5-17(6-8-18)24-11-9-16-15-26-22-4-2-1-3-21(16)22/h1-8,10,12-13,15,24,26H,9,11,14,23H2,(H,25,27). The van der Waals surface area contributed by atoms with Gasteiger partial charge in [-0.3, -0.25) is 4.98 Å². The lowest BCUT2D eigenvalue weighted by Crippen LogP contribution is -2.04. The molecule has 0 amide bonds. The zero-order chi connectivity index (χ0) is 18.5. The highest BCUT2D eigenvalue weighted by Crippen LogP contribution is 2.20. The number of rotatable bonds is 7. The molecule has 0 aliphatic heterocycles. The number of nitrogens with one attached hydrogen (secondary N) is 3. The monoisotopic (exact) mass is 357 g/mol. The molecule has 0 spiro atoms. The number of fused-ring (bicyclic) bond motifs is 1. The Kier molecular flexibility index (Phi) is 5.03. The molecule has 5 nitrogen and oxygen atoms in total. The number of pyridine rings is 1. The Morgan fingerprint density at radius 2 is 1.74 bits per heavy atom. The minimum atomic E-state index is 0.439. The van der Waals surface area contributed by atoms with Crippen molar-refractivity contribution in [2.24, 2.45) is 5.73 Å². The third-order valence-electron chi connectivity index (χ3n) is 4.60. The van der Waals surface area contributed by atoms with Gasteiger partial charge in [0.15, 0.2) is 0 Å². The van der Waals surface area contributed by atoms with Crippen molar-refractivity contribution in [1.29, 1.82) is 0 Å². The summed E-state index contributed by atoms with van der Waals surface area (Å²) >= 11 is 0. The molecule has 5 N–H and O–H groups in total. The first-order valence-corrected chi connectivity index (χ1v) is 9.13. The zero-order valence-corrected chi connectivity index (χ0v) is 15.1. The molecule has 2 heterocycles. The van der Waals surface area contributed by atoms with E-state index in [2.05, 4.69) is 75.3 Å². The topological polar surface area (TPSA) is 78.8 Å². The minimum absolute atomic E-state index is 0.439. The Bertz CT molecular complexity index is 1020. The van der Waals surface area contributed by atoms with Gasteiger partial charge in [0.25, 0.3) is 0 Å². The molecule has 0 saturated carbocycles. The number of H-pyrrole nitrogens is 1. The van der Waals surface area contributed by atoms with Crippen LogP contribution < -0.4 is 16.4 Å². The molecule has 0 fully saturated rings. The van der Waals surface area contributed by atoms with E-state index in [-0.39, 0.29) is 0 Å². The van der Waals surface area contributed by atoms with Gasteiger partial charge in [0.2, 0.25) is 0 Å². The largest absolute Gasteiger partial charge is 0.385 e. The summed E-state index contributed by atoms with van der Waals surface area (Å²) in [5, 5.41) is 8.16. The predicted octanol–water partition coefficient (Wildman–Crippen LogP) is 4.42. The lowest BCUT2D eigenvalue weighted by atomic mass is 10.1. The Morgan fingerprint density at radius 3 is 2.59 bits per heavy atom. The number of benzene rings is 2. The molecule has 0 atom stereocenters. The molecule has 4 aromatic rings. The van der Waals surface area contributed by atoms with Crippen LogP contribution in [0, 0.1) is 0 Å². The van der Waals surface area contributed by atoms with Crippen molar-refractivity contribution in [3.05, 3.63) is 84.3 Å².